The van der Waals surface area contributed by atoms with Crippen molar-refractivity contribution in [3.8, 4) is 0 Å². The Morgan fingerprint density at radius 2 is 1.57 bits per heavy atom. The second-order valence-electron chi connectivity index (χ2n) is 19.8. The van der Waals surface area contributed by atoms with Crippen LogP contribution in [-0.4, -0.2) is 153 Å². The number of rotatable bonds is 11. The molecule has 0 radical (unpaired) electrons. The lowest BCUT2D eigenvalue weighted by molar-refractivity contribution is -0.318. The SMILES string of the molecule is COC1(C)CC(O[C@H]2[C@H](C)[C@@H](OC3OC(C)CC(N(C)C)C3O)[C@](C)(O)C[C@@H](C)C(=O)[C@H](C)[C@@H](O)[C@](C)(O)[C@@H](CCCCc3cnc4ccccc4c3)OC(=O)[C@@H]2C)OC(C)C1O. The van der Waals surface area contributed by atoms with Crippen molar-refractivity contribution < 1.29 is 63.5 Å². The highest BCUT2D eigenvalue weighted by Gasteiger charge is 2.53. The van der Waals surface area contributed by atoms with Crippen molar-refractivity contribution in [1.82, 2.24) is 9.88 Å². The smallest absolute Gasteiger partial charge is 0.311 e. The van der Waals surface area contributed by atoms with Crippen LogP contribution in [0.15, 0.2) is 36.5 Å². The third-order valence-corrected chi connectivity index (χ3v) is 14.3. The number of cyclic esters (lactones) is 1. The summed E-state index contributed by atoms with van der Waals surface area (Å²) in [7, 11) is 5.20. The van der Waals surface area contributed by atoms with Gasteiger partial charge in [-0.1, -0.05) is 39.0 Å². The van der Waals surface area contributed by atoms with Crippen LogP contribution in [0.4, 0.5) is 0 Å². The number of ketones is 1. The van der Waals surface area contributed by atoms with Crippen LogP contribution >= 0.6 is 0 Å². The van der Waals surface area contributed by atoms with Crippen LogP contribution in [0.3, 0.4) is 0 Å². The number of hydrogen-bond donors (Lipinski definition) is 5. The molecule has 0 amide bonds. The highest BCUT2D eigenvalue weighted by atomic mass is 16.7. The number of carbonyl (C=O) groups excluding carboxylic acids is 2. The Hall–Kier alpha value is -2.67. The van der Waals surface area contributed by atoms with Gasteiger partial charge in [-0.3, -0.25) is 14.6 Å². The van der Waals surface area contributed by atoms with Crippen LogP contribution < -0.4 is 0 Å². The van der Waals surface area contributed by atoms with Crippen molar-refractivity contribution in [3.63, 3.8) is 0 Å². The first-order valence-corrected chi connectivity index (χ1v) is 22.8. The number of methoxy groups -OCH3 is 1. The van der Waals surface area contributed by atoms with Gasteiger partial charge in [0, 0.05) is 48.9 Å². The Morgan fingerprint density at radius 3 is 2.24 bits per heavy atom. The number of benzene rings is 1. The van der Waals surface area contributed by atoms with Crippen molar-refractivity contribution in [2.24, 2.45) is 23.7 Å². The van der Waals surface area contributed by atoms with E-state index in [0.717, 1.165) is 16.5 Å². The number of Topliss-reactive ketones (excluding diaryl/α,β-unsaturated/α-hetero) is 1. The largest absolute Gasteiger partial charge is 0.459 e. The maximum absolute atomic E-state index is 14.7. The third kappa shape index (κ3) is 11.7. The van der Waals surface area contributed by atoms with Gasteiger partial charge in [-0.2, -0.15) is 0 Å². The molecule has 0 aliphatic carbocycles. The predicted octanol–water partition coefficient (Wildman–Crippen LogP) is 4.34. The molecule has 0 saturated carbocycles. The summed E-state index contributed by atoms with van der Waals surface area (Å²) in [5.74, 6) is -5.14. The summed E-state index contributed by atoms with van der Waals surface area (Å²) >= 11 is 0. The van der Waals surface area contributed by atoms with Gasteiger partial charge in [0.15, 0.2) is 12.6 Å². The summed E-state index contributed by atoms with van der Waals surface area (Å²) in [5.41, 5.74) is -3.05. The van der Waals surface area contributed by atoms with Gasteiger partial charge in [-0.25, -0.2) is 0 Å². The van der Waals surface area contributed by atoms with E-state index in [-0.39, 0.29) is 31.4 Å². The molecule has 1 aromatic carbocycles. The molecule has 4 heterocycles. The maximum atomic E-state index is 14.7. The fraction of sp³-hybridized carbons (Fsp3) is 0.771. The zero-order chi connectivity index (χ0) is 46.8. The van der Waals surface area contributed by atoms with E-state index in [0.29, 0.717) is 25.7 Å². The molecule has 3 saturated heterocycles. The third-order valence-electron chi connectivity index (χ3n) is 14.3. The van der Waals surface area contributed by atoms with Crippen molar-refractivity contribution >= 4 is 22.7 Å². The number of aliphatic hydroxyl groups excluding tert-OH is 3. The number of esters is 1. The van der Waals surface area contributed by atoms with Crippen LogP contribution in [0.25, 0.3) is 10.9 Å². The molecule has 356 valence electrons. The van der Waals surface area contributed by atoms with Crippen LogP contribution in [0.1, 0.15) is 106 Å². The molecule has 8 unspecified atom stereocenters. The van der Waals surface area contributed by atoms with E-state index < -0.39 is 108 Å². The monoisotopic (exact) mass is 889 g/mol. The lowest BCUT2D eigenvalue weighted by Gasteiger charge is -2.49. The minimum atomic E-state index is -2.07. The Balaban J connectivity index is 1.52. The molecule has 3 aliphatic heterocycles. The van der Waals surface area contributed by atoms with Crippen molar-refractivity contribution in [2.45, 2.75) is 192 Å². The Labute approximate surface area is 373 Å². The molecule has 0 bridgehead atoms. The number of nitrogens with zero attached hydrogens (tertiary/aromatic N) is 2. The second kappa shape index (κ2) is 20.9. The molecule has 18 atom stereocenters. The Kier molecular flexibility index (Phi) is 17.0. The van der Waals surface area contributed by atoms with Gasteiger partial charge in [-0.15, -0.1) is 0 Å². The summed E-state index contributed by atoms with van der Waals surface area (Å²) in [6.45, 7) is 14.8. The highest BCUT2D eigenvalue weighted by molar-refractivity contribution is 5.83. The highest BCUT2D eigenvalue weighted by Crippen LogP contribution is 2.41. The van der Waals surface area contributed by atoms with Crippen LogP contribution in [-0.2, 0) is 44.4 Å². The molecule has 3 aliphatic rings. The number of pyridine rings is 1. The lowest BCUT2D eigenvalue weighted by Crippen LogP contribution is -2.61. The molecule has 3 fully saturated rings. The Morgan fingerprint density at radius 1 is 0.889 bits per heavy atom. The van der Waals surface area contributed by atoms with Crippen molar-refractivity contribution in [3.05, 3.63) is 42.1 Å². The number of ether oxygens (including phenoxy) is 6. The standard InChI is InChI=1S/C48H76N2O13/c1-26-23-46(7,56)43(63-45-39(52)35(50(10)11)21-27(2)59-45)29(4)40(62-37-24-47(8,58-12)42(54)31(6)60-37)30(5)44(55)61-36(48(9,57)41(53)28(3)38(26)51)20-16-13-17-32-22-33-18-14-15-19-34(33)49-25-32/h14-15,18-19,22,25-31,35-37,39-43,45,52-54,56-57H,13,16-17,20-21,23-24H2,1-12H3/t26-,27?,28+,29+,30-,31?,35?,36-,37?,39?,40+,41-,42?,43-,45?,46-,47?,48-/m1/s1. The molecule has 2 aromatic rings. The molecular weight excluding hydrogens is 813 g/mol. The topological polar surface area (TPSA) is 207 Å². The molecule has 5 rings (SSSR count). The average Bonchev–Trinajstić information content (AvgIpc) is 3.23. The van der Waals surface area contributed by atoms with E-state index in [9.17, 15) is 35.1 Å². The number of hydrogen-bond acceptors (Lipinski definition) is 15. The predicted molar refractivity (Wildman–Crippen MR) is 235 cm³/mol. The lowest BCUT2D eigenvalue weighted by atomic mass is 9.74. The quantitative estimate of drug-likeness (QED) is 0.157. The first-order valence-electron chi connectivity index (χ1n) is 22.8. The number of fused-ring (bicyclic) bond motifs is 1. The second-order valence-corrected chi connectivity index (χ2v) is 19.8. The average molecular weight is 889 g/mol. The van der Waals surface area contributed by atoms with Gasteiger partial charge >= 0.3 is 5.97 Å². The zero-order valence-corrected chi connectivity index (χ0v) is 39.5. The number of aryl methyl sites for hydroxylation is 1. The first-order chi connectivity index (χ1) is 29.4. The number of aromatic nitrogens is 1. The van der Waals surface area contributed by atoms with Crippen LogP contribution in [0.2, 0.25) is 0 Å². The minimum Gasteiger partial charge on any atom is -0.459 e. The molecule has 63 heavy (non-hydrogen) atoms. The van der Waals surface area contributed by atoms with E-state index in [1.165, 1.54) is 27.9 Å². The molecular formula is C48H76N2O13. The van der Waals surface area contributed by atoms with Gasteiger partial charge in [0.05, 0.1) is 53.2 Å². The molecule has 0 spiro atoms. The van der Waals surface area contributed by atoms with Crippen LogP contribution in [0, 0.1) is 23.7 Å². The molecule has 15 nitrogen and oxygen atoms in total. The van der Waals surface area contributed by atoms with Gasteiger partial charge in [0.1, 0.15) is 29.7 Å². The molecule has 1 aromatic heterocycles. The van der Waals surface area contributed by atoms with E-state index >= 15 is 0 Å². The van der Waals surface area contributed by atoms with Gasteiger partial charge in [0.25, 0.3) is 0 Å². The number of para-hydroxylation sites is 1. The zero-order valence-electron chi connectivity index (χ0n) is 39.5. The summed E-state index contributed by atoms with van der Waals surface area (Å²) in [4.78, 5) is 35.4. The fourth-order valence-corrected chi connectivity index (χ4v) is 10.2. The summed E-state index contributed by atoms with van der Waals surface area (Å²) in [5, 5.41) is 60.3. The number of likely N-dealkylation sites (N-methyl/N-ethyl adjacent to an activating group) is 1. The normalized spacial score (nSPS) is 42.5. The van der Waals surface area contributed by atoms with E-state index in [1.807, 2.05) is 56.4 Å². The summed E-state index contributed by atoms with van der Waals surface area (Å²) < 4.78 is 37.9. The number of carbonyl (C=O) groups is 2. The van der Waals surface area contributed by atoms with E-state index in [4.69, 9.17) is 28.4 Å². The Bertz CT molecular complexity index is 1830. The van der Waals surface area contributed by atoms with Gasteiger partial charge in [-0.05, 0) is 112 Å². The summed E-state index contributed by atoms with van der Waals surface area (Å²) in [6, 6.07) is 9.60. The molecule has 15 heteroatoms. The maximum Gasteiger partial charge on any atom is 0.311 e. The summed E-state index contributed by atoms with van der Waals surface area (Å²) in [6.07, 6.45) is -6.38. The fourth-order valence-electron chi connectivity index (χ4n) is 10.2. The first kappa shape index (κ1) is 51.3. The minimum absolute atomic E-state index is 0.0775. The van der Waals surface area contributed by atoms with E-state index in [2.05, 4.69) is 11.1 Å². The van der Waals surface area contributed by atoms with Gasteiger partial charge in [0.2, 0.25) is 0 Å². The van der Waals surface area contributed by atoms with E-state index in [1.54, 1.807) is 34.6 Å². The van der Waals surface area contributed by atoms with Crippen molar-refractivity contribution in [2.75, 3.05) is 21.2 Å². The number of unbranched alkanes of at least 4 members (excludes halogenated alkanes) is 1. The van der Waals surface area contributed by atoms with Crippen molar-refractivity contribution in [1.29, 1.82) is 0 Å². The van der Waals surface area contributed by atoms with Crippen LogP contribution in [0.5, 0.6) is 0 Å². The number of aliphatic hydroxyl groups is 5. The van der Waals surface area contributed by atoms with Gasteiger partial charge < -0.3 is 58.9 Å². The molecule has 5 N–H and O–H groups in total.